The maximum absolute atomic E-state index is 3.41. The van der Waals surface area contributed by atoms with E-state index in [4.69, 9.17) is 0 Å². The van der Waals surface area contributed by atoms with Crippen LogP contribution in [0.15, 0.2) is 39.1 Å². The molecule has 0 nitrogen and oxygen atoms in total. The molecule has 14 heavy (non-hydrogen) atoms. The van der Waals surface area contributed by atoms with Crippen molar-refractivity contribution in [2.75, 3.05) is 0 Å². The highest BCUT2D eigenvalue weighted by atomic mass is 79.9. The molecule has 0 aliphatic carbocycles. The SMILES string of the molecule is Cc1ccc(S/C(=C\Br)C(C)C)cc1. The van der Waals surface area contributed by atoms with Crippen LogP contribution in [0.25, 0.3) is 0 Å². The lowest BCUT2D eigenvalue weighted by Crippen LogP contribution is -1.88. The zero-order valence-corrected chi connectivity index (χ0v) is 11.2. The summed E-state index contributed by atoms with van der Waals surface area (Å²) in [5.74, 6) is 0.570. The molecule has 0 aromatic heterocycles. The number of hydrogen-bond donors (Lipinski definition) is 0. The van der Waals surface area contributed by atoms with Crippen LogP contribution in [-0.2, 0) is 0 Å². The molecule has 0 saturated carbocycles. The van der Waals surface area contributed by atoms with Gasteiger partial charge in [-0.25, -0.2) is 0 Å². The minimum Gasteiger partial charge on any atom is -0.0937 e. The fourth-order valence-corrected chi connectivity index (χ4v) is 2.64. The van der Waals surface area contributed by atoms with Gasteiger partial charge in [-0.3, -0.25) is 0 Å². The van der Waals surface area contributed by atoms with E-state index in [9.17, 15) is 0 Å². The first-order valence-corrected chi connectivity index (χ1v) is 6.41. The summed E-state index contributed by atoms with van der Waals surface area (Å²) in [7, 11) is 0. The van der Waals surface area contributed by atoms with Gasteiger partial charge in [0.1, 0.15) is 0 Å². The molecule has 0 saturated heterocycles. The zero-order chi connectivity index (χ0) is 10.6. The Kier molecular flexibility index (Phi) is 4.76. The Morgan fingerprint density at radius 1 is 1.29 bits per heavy atom. The number of hydrogen-bond acceptors (Lipinski definition) is 1. The lowest BCUT2D eigenvalue weighted by molar-refractivity contribution is 0.819. The maximum atomic E-state index is 3.41. The third-order valence-corrected chi connectivity index (χ3v) is 4.06. The molecule has 0 atom stereocenters. The Labute approximate surface area is 98.9 Å². The van der Waals surface area contributed by atoms with E-state index in [1.807, 2.05) is 16.7 Å². The highest BCUT2D eigenvalue weighted by molar-refractivity contribution is 9.11. The summed E-state index contributed by atoms with van der Waals surface area (Å²) in [5, 5.41) is 0. The quantitative estimate of drug-likeness (QED) is 0.699. The number of allylic oxidation sites excluding steroid dienone is 1. The van der Waals surface area contributed by atoms with Crippen molar-refractivity contribution < 1.29 is 0 Å². The van der Waals surface area contributed by atoms with Gasteiger partial charge in [-0.2, -0.15) is 0 Å². The van der Waals surface area contributed by atoms with Crippen molar-refractivity contribution in [3.8, 4) is 0 Å². The van der Waals surface area contributed by atoms with Gasteiger partial charge in [0.25, 0.3) is 0 Å². The van der Waals surface area contributed by atoms with Crippen LogP contribution in [0.1, 0.15) is 19.4 Å². The molecule has 0 aliphatic rings. The van der Waals surface area contributed by atoms with Gasteiger partial charge in [0.2, 0.25) is 0 Å². The molecular weight excluding hydrogens is 256 g/mol. The fourth-order valence-electron chi connectivity index (χ4n) is 1.01. The first-order valence-electron chi connectivity index (χ1n) is 4.68. The molecule has 76 valence electrons. The molecule has 0 N–H and O–H groups in total. The van der Waals surface area contributed by atoms with Crippen LogP contribution in [0.4, 0.5) is 0 Å². The van der Waals surface area contributed by atoms with E-state index in [0.717, 1.165) is 0 Å². The number of rotatable bonds is 3. The average Bonchev–Trinajstić information content (AvgIpc) is 2.16. The van der Waals surface area contributed by atoms with Gasteiger partial charge in [-0.05, 0) is 34.9 Å². The summed E-state index contributed by atoms with van der Waals surface area (Å²) in [4.78, 5) is 4.67. The molecule has 0 bridgehead atoms. The summed E-state index contributed by atoms with van der Waals surface area (Å²) in [6.07, 6.45) is 0. The van der Waals surface area contributed by atoms with Gasteiger partial charge >= 0.3 is 0 Å². The van der Waals surface area contributed by atoms with E-state index >= 15 is 0 Å². The van der Waals surface area contributed by atoms with Gasteiger partial charge in [-0.15, -0.1) is 0 Å². The molecule has 0 amide bonds. The lowest BCUT2D eigenvalue weighted by atomic mass is 10.2. The normalized spacial score (nSPS) is 12.2. The molecule has 1 aromatic rings. The van der Waals surface area contributed by atoms with Crippen molar-refractivity contribution in [1.29, 1.82) is 0 Å². The van der Waals surface area contributed by atoms with Crippen molar-refractivity contribution in [1.82, 2.24) is 0 Å². The molecule has 0 unspecified atom stereocenters. The van der Waals surface area contributed by atoms with Crippen LogP contribution in [0.2, 0.25) is 0 Å². The fraction of sp³-hybridized carbons (Fsp3) is 0.333. The minimum atomic E-state index is 0.570. The van der Waals surface area contributed by atoms with Crippen LogP contribution >= 0.6 is 27.7 Å². The van der Waals surface area contributed by atoms with Crippen molar-refractivity contribution >= 4 is 27.7 Å². The van der Waals surface area contributed by atoms with Crippen molar-refractivity contribution in [2.45, 2.75) is 25.7 Å². The molecule has 2 heteroatoms. The van der Waals surface area contributed by atoms with Crippen LogP contribution in [-0.4, -0.2) is 0 Å². The van der Waals surface area contributed by atoms with Crippen LogP contribution in [0.5, 0.6) is 0 Å². The van der Waals surface area contributed by atoms with Gasteiger partial charge < -0.3 is 0 Å². The maximum Gasteiger partial charge on any atom is 0.0119 e. The topological polar surface area (TPSA) is 0 Å². The molecule has 0 heterocycles. The number of benzene rings is 1. The second-order valence-corrected chi connectivity index (χ2v) is 5.19. The van der Waals surface area contributed by atoms with Crippen molar-refractivity contribution in [2.24, 2.45) is 5.92 Å². The number of aryl methyl sites for hydroxylation is 1. The molecular formula is C12H15BrS. The van der Waals surface area contributed by atoms with Gasteiger partial charge in [0, 0.05) is 4.90 Å². The predicted octanol–water partition coefficient (Wildman–Crippen LogP) is 4.98. The Hall–Kier alpha value is -0.210. The molecule has 1 aromatic carbocycles. The highest BCUT2D eigenvalue weighted by Crippen LogP contribution is 2.32. The summed E-state index contributed by atoms with van der Waals surface area (Å²) in [6, 6.07) is 8.63. The van der Waals surface area contributed by atoms with Gasteiger partial charge in [-0.1, -0.05) is 59.2 Å². The molecule has 0 radical (unpaired) electrons. The lowest BCUT2D eigenvalue weighted by Gasteiger charge is -2.09. The van der Waals surface area contributed by atoms with Crippen molar-refractivity contribution in [3.63, 3.8) is 0 Å². The first kappa shape index (κ1) is 11.9. The van der Waals surface area contributed by atoms with E-state index in [1.54, 1.807) is 0 Å². The standard InChI is InChI=1S/C12H15BrS/c1-9(2)12(8-13)14-11-6-4-10(3)5-7-11/h4-9H,1-3H3/b12-8-. The monoisotopic (exact) mass is 270 g/mol. The number of thioether (sulfide) groups is 1. The summed E-state index contributed by atoms with van der Waals surface area (Å²) >= 11 is 5.23. The summed E-state index contributed by atoms with van der Waals surface area (Å²) < 4.78 is 0. The van der Waals surface area contributed by atoms with E-state index in [0.29, 0.717) is 5.92 Å². The minimum absolute atomic E-state index is 0.570. The molecule has 0 aliphatic heterocycles. The van der Waals surface area contributed by atoms with Crippen LogP contribution in [0, 0.1) is 12.8 Å². The predicted molar refractivity (Wildman–Crippen MR) is 68.9 cm³/mol. The van der Waals surface area contributed by atoms with Gasteiger partial charge in [0.05, 0.1) is 0 Å². The second kappa shape index (κ2) is 5.62. The third-order valence-electron chi connectivity index (χ3n) is 1.93. The second-order valence-electron chi connectivity index (χ2n) is 3.58. The average molecular weight is 271 g/mol. The van der Waals surface area contributed by atoms with Crippen LogP contribution in [0.3, 0.4) is 0 Å². The Balaban J connectivity index is 2.73. The van der Waals surface area contributed by atoms with E-state index < -0.39 is 0 Å². The number of halogens is 1. The Morgan fingerprint density at radius 2 is 1.86 bits per heavy atom. The zero-order valence-electron chi connectivity index (χ0n) is 8.75. The van der Waals surface area contributed by atoms with E-state index in [2.05, 4.69) is 61.0 Å². The third kappa shape index (κ3) is 3.50. The van der Waals surface area contributed by atoms with Crippen molar-refractivity contribution in [3.05, 3.63) is 39.7 Å². The molecule has 1 rings (SSSR count). The summed E-state index contributed by atoms with van der Waals surface area (Å²) in [5.41, 5.74) is 1.31. The largest absolute Gasteiger partial charge is 0.0937 e. The Bertz CT molecular complexity index is 312. The van der Waals surface area contributed by atoms with Gasteiger partial charge in [0.15, 0.2) is 0 Å². The Morgan fingerprint density at radius 3 is 2.29 bits per heavy atom. The van der Waals surface area contributed by atoms with E-state index in [-0.39, 0.29) is 0 Å². The molecule has 0 spiro atoms. The van der Waals surface area contributed by atoms with Crippen LogP contribution < -0.4 is 0 Å². The highest BCUT2D eigenvalue weighted by Gasteiger charge is 2.04. The van der Waals surface area contributed by atoms with E-state index in [1.165, 1.54) is 15.4 Å². The molecule has 0 fully saturated rings. The first-order chi connectivity index (χ1) is 6.63. The smallest absolute Gasteiger partial charge is 0.0119 e. The summed E-state index contributed by atoms with van der Waals surface area (Å²) in [6.45, 7) is 6.51.